The van der Waals surface area contributed by atoms with Crippen LogP contribution in [0.1, 0.15) is 33.6 Å². The predicted octanol–water partition coefficient (Wildman–Crippen LogP) is 3.53. The van der Waals surface area contributed by atoms with Crippen molar-refractivity contribution in [3.63, 3.8) is 0 Å². The minimum atomic E-state index is -0.625. The lowest BCUT2D eigenvalue weighted by atomic mass is 10.0. The third kappa shape index (κ3) is 2.38. The van der Waals surface area contributed by atoms with Crippen LogP contribution in [-0.2, 0) is 6.54 Å². The molecule has 1 aromatic carbocycles. The number of hydrogen-bond donors (Lipinski definition) is 0. The van der Waals surface area contributed by atoms with Crippen molar-refractivity contribution in [3.8, 4) is 0 Å². The van der Waals surface area contributed by atoms with Crippen molar-refractivity contribution in [1.82, 2.24) is 9.88 Å². The molecule has 3 aromatic heterocycles. The Bertz CT molecular complexity index is 1200. The van der Waals surface area contributed by atoms with E-state index >= 15 is 0 Å². The normalized spacial score (nSPS) is 16.1. The average Bonchev–Trinajstić information content (AvgIpc) is 3.31. The molecule has 0 saturated heterocycles. The van der Waals surface area contributed by atoms with Gasteiger partial charge in [0.2, 0.25) is 5.76 Å². The highest BCUT2D eigenvalue weighted by atomic mass is 16.3. The predicted molar refractivity (Wildman–Crippen MR) is 97.1 cm³/mol. The molecule has 0 saturated carbocycles. The van der Waals surface area contributed by atoms with Crippen LogP contribution < -0.4 is 5.43 Å². The van der Waals surface area contributed by atoms with Gasteiger partial charge in [-0.25, -0.2) is 0 Å². The maximum absolute atomic E-state index is 13.2. The van der Waals surface area contributed by atoms with Crippen LogP contribution in [0, 0.1) is 0 Å². The van der Waals surface area contributed by atoms with E-state index in [2.05, 4.69) is 4.98 Å². The van der Waals surface area contributed by atoms with Gasteiger partial charge in [0.15, 0.2) is 5.43 Å². The minimum Gasteiger partial charge on any atom is -0.467 e. The Balaban J connectivity index is 1.75. The number of fused-ring (bicyclic) bond motifs is 2. The quantitative estimate of drug-likeness (QED) is 0.560. The maximum Gasteiger partial charge on any atom is 0.291 e. The van der Waals surface area contributed by atoms with Gasteiger partial charge in [-0.1, -0.05) is 18.2 Å². The number of rotatable bonds is 3. The molecule has 0 unspecified atom stereocenters. The van der Waals surface area contributed by atoms with Gasteiger partial charge < -0.3 is 13.7 Å². The first kappa shape index (κ1) is 15.6. The molecule has 0 fully saturated rings. The smallest absolute Gasteiger partial charge is 0.291 e. The van der Waals surface area contributed by atoms with Crippen molar-refractivity contribution >= 4 is 16.9 Å². The maximum atomic E-state index is 13.2. The lowest BCUT2D eigenvalue weighted by molar-refractivity contribution is 0.0699. The molecule has 27 heavy (non-hydrogen) atoms. The highest BCUT2D eigenvalue weighted by Gasteiger charge is 2.43. The summed E-state index contributed by atoms with van der Waals surface area (Å²) < 4.78 is 11.3. The highest BCUT2D eigenvalue weighted by molar-refractivity contribution is 5.98. The van der Waals surface area contributed by atoms with Crippen LogP contribution in [0.2, 0.25) is 0 Å². The number of carbonyl (C=O) groups is 1. The SMILES string of the molecule is O=C1c2oc3ccccc3c(=O)c2[C@@H](c2ccccn2)N1Cc1ccco1. The number of furan rings is 1. The Morgan fingerprint density at radius 2 is 1.85 bits per heavy atom. The molecule has 4 aromatic rings. The first-order chi connectivity index (χ1) is 13.2. The van der Waals surface area contributed by atoms with E-state index in [1.165, 1.54) is 0 Å². The van der Waals surface area contributed by atoms with Crippen molar-refractivity contribution in [2.75, 3.05) is 0 Å². The molecule has 0 radical (unpaired) electrons. The van der Waals surface area contributed by atoms with Crippen molar-refractivity contribution < 1.29 is 13.6 Å². The largest absolute Gasteiger partial charge is 0.467 e. The molecule has 6 nitrogen and oxygen atoms in total. The van der Waals surface area contributed by atoms with Gasteiger partial charge in [-0.3, -0.25) is 14.6 Å². The van der Waals surface area contributed by atoms with Crippen molar-refractivity contribution in [3.05, 3.63) is 100 Å². The fraction of sp³-hybridized carbons (Fsp3) is 0.0952. The number of para-hydroxylation sites is 1. The molecule has 1 aliphatic rings. The number of aromatic nitrogens is 1. The molecule has 6 heteroatoms. The third-order valence-corrected chi connectivity index (χ3v) is 4.75. The summed E-state index contributed by atoms with van der Waals surface area (Å²) in [5.74, 6) is 0.343. The van der Waals surface area contributed by atoms with Crippen molar-refractivity contribution in [2.45, 2.75) is 12.6 Å². The van der Waals surface area contributed by atoms with Gasteiger partial charge in [0.05, 0.1) is 29.5 Å². The lowest BCUT2D eigenvalue weighted by Gasteiger charge is -2.23. The molecule has 132 valence electrons. The van der Waals surface area contributed by atoms with Crippen LogP contribution in [0.4, 0.5) is 0 Å². The molecule has 1 aliphatic heterocycles. The minimum absolute atomic E-state index is 0.0703. The summed E-state index contributed by atoms with van der Waals surface area (Å²) in [5.41, 5.74) is 1.12. The number of amides is 1. The van der Waals surface area contributed by atoms with E-state index in [0.29, 0.717) is 28.0 Å². The first-order valence-electron chi connectivity index (χ1n) is 8.54. The summed E-state index contributed by atoms with van der Waals surface area (Å²) in [5, 5.41) is 0.449. The van der Waals surface area contributed by atoms with Crippen molar-refractivity contribution in [2.24, 2.45) is 0 Å². The van der Waals surface area contributed by atoms with Gasteiger partial charge in [0.1, 0.15) is 17.4 Å². The Kier molecular flexibility index (Phi) is 3.43. The molecule has 0 aliphatic carbocycles. The fourth-order valence-electron chi connectivity index (χ4n) is 3.55. The zero-order valence-corrected chi connectivity index (χ0v) is 14.2. The molecule has 1 amide bonds. The third-order valence-electron chi connectivity index (χ3n) is 4.75. The topological polar surface area (TPSA) is 76.6 Å². The van der Waals surface area contributed by atoms with Gasteiger partial charge in [0.25, 0.3) is 5.91 Å². The van der Waals surface area contributed by atoms with E-state index < -0.39 is 6.04 Å². The van der Waals surface area contributed by atoms with E-state index in [1.54, 1.807) is 65.9 Å². The summed E-state index contributed by atoms with van der Waals surface area (Å²) in [6.45, 7) is 0.215. The molecule has 0 N–H and O–H groups in total. The molecular weight excluding hydrogens is 344 g/mol. The van der Waals surface area contributed by atoms with Crippen LogP contribution in [0.25, 0.3) is 11.0 Å². The van der Waals surface area contributed by atoms with Gasteiger partial charge >= 0.3 is 0 Å². The van der Waals surface area contributed by atoms with Gasteiger partial charge in [0, 0.05) is 6.20 Å². The lowest BCUT2D eigenvalue weighted by Crippen LogP contribution is -2.29. The zero-order chi connectivity index (χ0) is 18.4. The summed E-state index contributed by atoms with van der Waals surface area (Å²) in [6.07, 6.45) is 3.20. The van der Waals surface area contributed by atoms with Crippen LogP contribution in [0.5, 0.6) is 0 Å². The van der Waals surface area contributed by atoms with E-state index in [0.717, 1.165) is 0 Å². The van der Waals surface area contributed by atoms with E-state index in [4.69, 9.17) is 8.83 Å². The molecule has 1 atom stereocenters. The number of nitrogens with zero attached hydrogens (tertiary/aromatic N) is 2. The highest BCUT2D eigenvalue weighted by Crippen LogP contribution is 2.38. The van der Waals surface area contributed by atoms with Gasteiger partial charge in [-0.05, 0) is 36.4 Å². The van der Waals surface area contributed by atoms with Gasteiger partial charge in [-0.15, -0.1) is 0 Å². The standard InChI is InChI=1S/C21H14N2O4/c24-19-14-7-1-2-9-16(14)27-20-17(19)18(15-8-3-4-10-22-15)23(21(20)25)12-13-6-5-11-26-13/h1-11,18H,12H2/t18-/m1/s1. The number of pyridine rings is 1. The van der Waals surface area contributed by atoms with Crippen LogP contribution in [0.3, 0.4) is 0 Å². The second-order valence-corrected chi connectivity index (χ2v) is 6.34. The first-order valence-corrected chi connectivity index (χ1v) is 8.54. The molecule has 0 spiro atoms. The fourth-order valence-corrected chi connectivity index (χ4v) is 3.55. The van der Waals surface area contributed by atoms with E-state index in [-0.39, 0.29) is 23.6 Å². The van der Waals surface area contributed by atoms with Crippen molar-refractivity contribution in [1.29, 1.82) is 0 Å². The molecule has 0 bridgehead atoms. The second-order valence-electron chi connectivity index (χ2n) is 6.34. The summed E-state index contributed by atoms with van der Waals surface area (Å²) in [6, 6.07) is 15.3. The molecular formula is C21H14N2O4. The van der Waals surface area contributed by atoms with Crippen LogP contribution in [0.15, 0.2) is 80.7 Å². The number of carbonyl (C=O) groups excluding carboxylic acids is 1. The Morgan fingerprint density at radius 3 is 2.63 bits per heavy atom. The van der Waals surface area contributed by atoms with E-state index in [1.807, 2.05) is 6.07 Å². The summed E-state index contributed by atoms with van der Waals surface area (Å²) in [7, 11) is 0. The summed E-state index contributed by atoms with van der Waals surface area (Å²) >= 11 is 0. The Hall–Kier alpha value is -3.67. The second kappa shape index (κ2) is 5.95. The molecule has 5 rings (SSSR count). The number of hydrogen-bond acceptors (Lipinski definition) is 5. The Morgan fingerprint density at radius 1 is 1.00 bits per heavy atom. The summed E-state index contributed by atoms with van der Waals surface area (Å²) in [4.78, 5) is 32.3. The van der Waals surface area contributed by atoms with Crippen LogP contribution >= 0.6 is 0 Å². The Labute approximate surface area is 153 Å². The van der Waals surface area contributed by atoms with E-state index in [9.17, 15) is 9.59 Å². The molecule has 4 heterocycles. The zero-order valence-electron chi connectivity index (χ0n) is 14.2. The van der Waals surface area contributed by atoms with Crippen LogP contribution in [-0.4, -0.2) is 15.8 Å². The average molecular weight is 358 g/mol. The van der Waals surface area contributed by atoms with Gasteiger partial charge in [-0.2, -0.15) is 0 Å². The number of benzene rings is 1. The monoisotopic (exact) mass is 358 g/mol.